The summed E-state index contributed by atoms with van der Waals surface area (Å²) in [5, 5.41) is 3.50. The number of hydrogen-bond acceptors (Lipinski definition) is 4. The van der Waals surface area contributed by atoms with Crippen molar-refractivity contribution in [3.05, 3.63) is 64.3 Å². The molecule has 132 valence electrons. The Balaban J connectivity index is 1.92. The van der Waals surface area contributed by atoms with Crippen LogP contribution in [0, 0.1) is 11.8 Å². The van der Waals surface area contributed by atoms with E-state index in [4.69, 9.17) is 4.74 Å². The number of aryl methyl sites for hydroxylation is 1. The second-order valence-corrected chi connectivity index (χ2v) is 7.13. The van der Waals surface area contributed by atoms with E-state index in [-0.39, 0.29) is 11.5 Å². The third kappa shape index (κ3) is 3.89. The lowest BCUT2D eigenvalue weighted by Crippen LogP contribution is -2.31. The van der Waals surface area contributed by atoms with E-state index in [1.54, 1.807) is 13.3 Å². The van der Waals surface area contributed by atoms with Gasteiger partial charge in [0.2, 0.25) is 0 Å². The Morgan fingerprint density at radius 2 is 1.88 bits per heavy atom. The molecular weight excluding hydrogens is 312 g/mol. The van der Waals surface area contributed by atoms with Crippen molar-refractivity contribution in [2.24, 2.45) is 5.18 Å². The van der Waals surface area contributed by atoms with Gasteiger partial charge in [-0.05, 0) is 67.0 Å². The third-order valence-corrected chi connectivity index (χ3v) is 5.53. The third-order valence-electron chi connectivity index (χ3n) is 5.53. The number of rotatable bonds is 6. The number of methoxy groups -OCH3 is 1. The van der Waals surface area contributed by atoms with Crippen molar-refractivity contribution in [1.29, 1.82) is 0 Å². The molecule has 25 heavy (non-hydrogen) atoms. The molecule has 4 heteroatoms. The van der Waals surface area contributed by atoms with Crippen LogP contribution in [-0.4, -0.2) is 12.1 Å². The van der Waals surface area contributed by atoms with Crippen molar-refractivity contribution >= 4 is 0 Å². The van der Waals surface area contributed by atoms with Crippen molar-refractivity contribution in [3.8, 4) is 5.75 Å². The molecule has 0 N–H and O–H groups in total. The summed E-state index contributed by atoms with van der Waals surface area (Å²) in [6.45, 7) is 1.95. The molecular formula is C21H26N2O2. The standard InChI is InChI=1S/C21H26N2O2/c1-16-14-17(10-13-22-16)20(23-24)15-21(11-4-3-5-12-21)18-6-8-19(25-2)9-7-18/h6-10,13-14,20H,3-5,11-12,15H2,1-2H3. The number of aromatic nitrogens is 1. The molecule has 0 saturated heterocycles. The van der Waals surface area contributed by atoms with E-state index in [2.05, 4.69) is 22.3 Å². The summed E-state index contributed by atoms with van der Waals surface area (Å²) in [7, 11) is 1.68. The Bertz CT molecular complexity index is 706. The van der Waals surface area contributed by atoms with Gasteiger partial charge < -0.3 is 4.74 Å². The zero-order chi connectivity index (χ0) is 17.7. The Kier molecular flexibility index (Phi) is 5.47. The summed E-state index contributed by atoms with van der Waals surface area (Å²) in [6.07, 6.45) is 8.41. The van der Waals surface area contributed by atoms with Crippen molar-refractivity contribution in [3.63, 3.8) is 0 Å². The van der Waals surface area contributed by atoms with Crippen molar-refractivity contribution in [2.45, 2.75) is 56.9 Å². The summed E-state index contributed by atoms with van der Waals surface area (Å²) < 4.78 is 5.30. The highest BCUT2D eigenvalue weighted by molar-refractivity contribution is 5.34. The first-order valence-corrected chi connectivity index (χ1v) is 9.06. The SMILES string of the molecule is COc1ccc(C2(CC(N=O)c3ccnc(C)c3)CCCCC2)cc1. The maximum Gasteiger partial charge on any atom is 0.118 e. The first-order valence-electron chi connectivity index (χ1n) is 9.06. The van der Waals surface area contributed by atoms with Crippen LogP contribution in [0.5, 0.6) is 5.75 Å². The molecule has 1 aromatic carbocycles. The number of nitrogens with zero attached hydrogens (tertiary/aromatic N) is 2. The molecule has 0 aliphatic heterocycles. The molecule has 3 rings (SSSR count). The lowest BCUT2D eigenvalue weighted by molar-refractivity contribution is 0.257. The molecule has 0 spiro atoms. The second-order valence-electron chi connectivity index (χ2n) is 7.13. The highest BCUT2D eigenvalue weighted by atomic mass is 16.5. The zero-order valence-electron chi connectivity index (χ0n) is 15.1. The first kappa shape index (κ1) is 17.6. The average molecular weight is 338 g/mol. The van der Waals surface area contributed by atoms with Gasteiger partial charge in [-0.2, -0.15) is 4.91 Å². The van der Waals surface area contributed by atoms with E-state index >= 15 is 0 Å². The molecule has 4 nitrogen and oxygen atoms in total. The molecule has 2 aromatic rings. The van der Waals surface area contributed by atoms with Crippen molar-refractivity contribution in [1.82, 2.24) is 4.98 Å². The molecule has 1 aliphatic carbocycles. The van der Waals surface area contributed by atoms with Gasteiger partial charge in [-0.15, -0.1) is 0 Å². The molecule has 1 fully saturated rings. The summed E-state index contributed by atoms with van der Waals surface area (Å²) in [6, 6.07) is 11.9. The lowest BCUT2D eigenvalue weighted by Gasteiger charge is -2.39. The maximum absolute atomic E-state index is 11.7. The van der Waals surface area contributed by atoms with E-state index < -0.39 is 0 Å². The van der Waals surface area contributed by atoms with Crippen molar-refractivity contribution in [2.75, 3.05) is 7.11 Å². The van der Waals surface area contributed by atoms with E-state index in [1.807, 2.05) is 31.2 Å². The number of hydrogen-bond donors (Lipinski definition) is 0. The normalized spacial score (nSPS) is 17.7. The van der Waals surface area contributed by atoms with Crippen LogP contribution in [0.15, 0.2) is 47.8 Å². The Hall–Kier alpha value is -2.23. The highest BCUT2D eigenvalue weighted by Crippen LogP contribution is 2.46. The molecule has 1 aromatic heterocycles. The van der Waals surface area contributed by atoms with Gasteiger partial charge in [0.05, 0.1) is 7.11 Å². The highest BCUT2D eigenvalue weighted by Gasteiger charge is 2.37. The van der Waals surface area contributed by atoms with Gasteiger partial charge in [0.15, 0.2) is 0 Å². The quantitative estimate of drug-likeness (QED) is 0.654. The maximum atomic E-state index is 11.7. The predicted molar refractivity (Wildman–Crippen MR) is 99.9 cm³/mol. The molecule has 1 unspecified atom stereocenters. The van der Waals surface area contributed by atoms with Gasteiger partial charge in [0, 0.05) is 11.9 Å². The van der Waals surface area contributed by atoms with Crippen LogP contribution in [0.25, 0.3) is 0 Å². The smallest absolute Gasteiger partial charge is 0.118 e. The Morgan fingerprint density at radius 3 is 2.48 bits per heavy atom. The predicted octanol–water partition coefficient (Wildman–Crippen LogP) is 5.50. The largest absolute Gasteiger partial charge is 0.497 e. The molecule has 1 aliphatic rings. The number of benzene rings is 1. The van der Waals surface area contributed by atoms with Crippen LogP contribution in [0.3, 0.4) is 0 Å². The van der Waals surface area contributed by atoms with E-state index in [0.717, 1.165) is 36.3 Å². The fourth-order valence-electron chi connectivity index (χ4n) is 4.14. The van der Waals surface area contributed by atoms with Gasteiger partial charge in [-0.25, -0.2) is 0 Å². The molecule has 0 bridgehead atoms. The molecule has 0 amide bonds. The minimum Gasteiger partial charge on any atom is -0.497 e. The van der Waals surface area contributed by atoms with Gasteiger partial charge in [-0.3, -0.25) is 4.98 Å². The zero-order valence-corrected chi connectivity index (χ0v) is 15.1. The number of pyridine rings is 1. The topological polar surface area (TPSA) is 51.5 Å². The monoisotopic (exact) mass is 338 g/mol. The van der Waals surface area contributed by atoms with Crippen LogP contribution in [0.2, 0.25) is 0 Å². The van der Waals surface area contributed by atoms with Crippen LogP contribution < -0.4 is 4.74 Å². The van der Waals surface area contributed by atoms with Crippen LogP contribution >= 0.6 is 0 Å². The summed E-state index contributed by atoms with van der Waals surface area (Å²) in [5.74, 6) is 0.865. The second kappa shape index (κ2) is 7.77. The number of nitroso groups, excluding NO2 is 1. The van der Waals surface area contributed by atoms with E-state index in [1.165, 1.54) is 24.8 Å². The fourth-order valence-corrected chi connectivity index (χ4v) is 4.14. The average Bonchev–Trinajstić information content (AvgIpc) is 2.67. The minimum atomic E-state index is -0.332. The molecule has 1 atom stereocenters. The Labute approximate surface area is 149 Å². The summed E-state index contributed by atoms with van der Waals surface area (Å²) in [5.41, 5.74) is 3.21. The lowest BCUT2D eigenvalue weighted by atomic mass is 9.65. The Morgan fingerprint density at radius 1 is 1.16 bits per heavy atom. The van der Waals surface area contributed by atoms with Gasteiger partial charge in [0.25, 0.3) is 0 Å². The van der Waals surface area contributed by atoms with E-state index in [0.29, 0.717) is 0 Å². The van der Waals surface area contributed by atoms with E-state index in [9.17, 15) is 4.91 Å². The molecule has 0 radical (unpaired) electrons. The fraction of sp³-hybridized carbons (Fsp3) is 0.476. The molecule has 1 heterocycles. The van der Waals surface area contributed by atoms with Gasteiger partial charge >= 0.3 is 0 Å². The van der Waals surface area contributed by atoms with Crippen LogP contribution in [0.4, 0.5) is 0 Å². The van der Waals surface area contributed by atoms with Crippen LogP contribution in [0.1, 0.15) is 61.4 Å². The van der Waals surface area contributed by atoms with Crippen LogP contribution in [-0.2, 0) is 5.41 Å². The van der Waals surface area contributed by atoms with Gasteiger partial charge in [-0.1, -0.05) is 36.6 Å². The van der Waals surface area contributed by atoms with Gasteiger partial charge in [0.1, 0.15) is 11.8 Å². The van der Waals surface area contributed by atoms with Crippen molar-refractivity contribution < 1.29 is 4.74 Å². The first-order chi connectivity index (χ1) is 12.2. The summed E-state index contributed by atoms with van der Waals surface area (Å²) in [4.78, 5) is 15.9. The number of ether oxygens (including phenoxy) is 1. The summed E-state index contributed by atoms with van der Waals surface area (Å²) >= 11 is 0. The molecule has 1 saturated carbocycles. The minimum absolute atomic E-state index is 0.0142.